The molecule has 23 heavy (non-hydrogen) atoms. The summed E-state index contributed by atoms with van der Waals surface area (Å²) in [5.74, 6) is 0.399. The summed E-state index contributed by atoms with van der Waals surface area (Å²) >= 11 is 8.51. The Morgan fingerprint density at radius 2 is 1.91 bits per heavy atom. The van der Waals surface area contributed by atoms with Crippen molar-refractivity contribution in [2.24, 2.45) is 0 Å². The Morgan fingerprint density at radius 1 is 1.22 bits per heavy atom. The molecule has 0 saturated carbocycles. The maximum atomic E-state index is 12.2. The number of rotatable bonds is 4. The number of nitrogens with one attached hydrogen (secondary N) is 2. The molecular weight excluding hydrogens is 376 g/mol. The Bertz CT molecular complexity index is 717. The minimum atomic E-state index is -0.269. The molecule has 0 aliphatic heterocycles. The first-order chi connectivity index (χ1) is 11.0. The number of thiocarbonyl (C=S) groups is 1. The lowest BCUT2D eigenvalue weighted by Crippen LogP contribution is -2.38. The highest BCUT2D eigenvalue weighted by Gasteiger charge is 2.10. The molecule has 2 N–H and O–H groups in total. The Morgan fingerprint density at radius 3 is 2.52 bits per heavy atom. The molecule has 0 bridgehead atoms. The minimum absolute atomic E-state index is 0.269. The molecule has 2 aromatic rings. The van der Waals surface area contributed by atoms with E-state index in [2.05, 4.69) is 26.6 Å². The molecule has 0 unspecified atom stereocenters. The summed E-state index contributed by atoms with van der Waals surface area (Å²) in [6.45, 7) is 2.60. The summed E-state index contributed by atoms with van der Waals surface area (Å²) in [7, 11) is 1.57. The van der Waals surface area contributed by atoms with E-state index in [0.717, 1.165) is 5.56 Å². The van der Waals surface area contributed by atoms with E-state index < -0.39 is 0 Å². The Hall–Kier alpha value is -1.92. The van der Waals surface area contributed by atoms with Crippen molar-refractivity contribution in [2.45, 2.75) is 13.5 Å². The van der Waals surface area contributed by atoms with Crippen LogP contribution in [-0.2, 0) is 6.54 Å². The number of hydrogen-bond acceptors (Lipinski definition) is 3. The van der Waals surface area contributed by atoms with E-state index in [9.17, 15) is 4.79 Å². The molecule has 6 heteroatoms. The second-order valence-corrected chi connectivity index (χ2v) is 6.23. The van der Waals surface area contributed by atoms with Crippen LogP contribution in [0.2, 0.25) is 0 Å². The first-order valence-electron chi connectivity index (χ1n) is 6.98. The number of aryl methyl sites for hydroxylation is 1. The average Bonchev–Trinajstić information content (AvgIpc) is 2.54. The smallest absolute Gasteiger partial charge is 0.257 e. The molecular formula is C17H17BrN2O2S. The lowest BCUT2D eigenvalue weighted by Gasteiger charge is -2.11. The van der Waals surface area contributed by atoms with Crippen molar-refractivity contribution in [3.8, 4) is 5.75 Å². The van der Waals surface area contributed by atoms with Gasteiger partial charge in [0.05, 0.1) is 11.6 Å². The van der Waals surface area contributed by atoms with Crippen molar-refractivity contribution in [3.05, 3.63) is 63.6 Å². The van der Waals surface area contributed by atoms with Crippen LogP contribution in [0.3, 0.4) is 0 Å². The van der Waals surface area contributed by atoms with Crippen molar-refractivity contribution >= 4 is 39.2 Å². The van der Waals surface area contributed by atoms with E-state index in [4.69, 9.17) is 17.0 Å². The zero-order chi connectivity index (χ0) is 16.8. The second kappa shape index (κ2) is 8.08. The van der Waals surface area contributed by atoms with Gasteiger partial charge in [-0.3, -0.25) is 10.1 Å². The van der Waals surface area contributed by atoms with E-state index in [1.54, 1.807) is 25.3 Å². The van der Waals surface area contributed by atoms with Gasteiger partial charge in [-0.25, -0.2) is 0 Å². The maximum Gasteiger partial charge on any atom is 0.257 e. The van der Waals surface area contributed by atoms with Crippen LogP contribution in [0.25, 0.3) is 0 Å². The lowest BCUT2D eigenvalue weighted by atomic mass is 10.1. The van der Waals surface area contributed by atoms with Crippen LogP contribution in [0.5, 0.6) is 5.75 Å². The SMILES string of the molecule is COc1ccc(C(=O)NC(=S)NCc2ccc(C)cc2)cc1Br. The molecule has 0 aliphatic carbocycles. The summed E-state index contributed by atoms with van der Waals surface area (Å²) < 4.78 is 5.85. The summed E-state index contributed by atoms with van der Waals surface area (Å²) in [6.07, 6.45) is 0. The third kappa shape index (κ3) is 5.04. The fourth-order valence-corrected chi connectivity index (χ4v) is 2.62. The van der Waals surface area contributed by atoms with Gasteiger partial charge in [-0.05, 0) is 58.8 Å². The summed E-state index contributed by atoms with van der Waals surface area (Å²) in [5, 5.41) is 5.98. The second-order valence-electron chi connectivity index (χ2n) is 4.97. The normalized spacial score (nSPS) is 10.0. The third-order valence-electron chi connectivity index (χ3n) is 3.21. The number of carbonyl (C=O) groups excluding carboxylic acids is 1. The van der Waals surface area contributed by atoms with Crippen molar-refractivity contribution in [1.29, 1.82) is 0 Å². The van der Waals surface area contributed by atoms with Gasteiger partial charge in [0, 0.05) is 12.1 Å². The number of halogens is 1. The van der Waals surface area contributed by atoms with Crippen LogP contribution in [0.1, 0.15) is 21.5 Å². The molecule has 0 saturated heterocycles. The Balaban J connectivity index is 1.90. The average molecular weight is 393 g/mol. The molecule has 1 amide bonds. The number of carbonyl (C=O) groups is 1. The van der Waals surface area contributed by atoms with E-state index in [1.807, 2.05) is 31.2 Å². The van der Waals surface area contributed by atoms with Gasteiger partial charge in [-0.15, -0.1) is 0 Å². The molecule has 0 fully saturated rings. The van der Waals surface area contributed by atoms with Gasteiger partial charge in [0.2, 0.25) is 0 Å². The van der Waals surface area contributed by atoms with Gasteiger partial charge in [0.15, 0.2) is 5.11 Å². The van der Waals surface area contributed by atoms with Crippen LogP contribution in [0, 0.1) is 6.92 Å². The van der Waals surface area contributed by atoms with Gasteiger partial charge in [0.25, 0.3) is 5.91 Å². The maximum absolute atomic E-state index is 12.2. The fourth-order valence-electron chi connectivity index (χ4n) is 1.92. The number of benzene rings is 2. The predicted molar refractivity (Wildman–Crippen MR) is 98.8 cm³/mol. The highest BCUT2D eigenvalue weighted by molar-refractivity contribution is 9.10. The number of ether oxygens (including phenoxy) is 1. The molecule has 0 aliphatic rings. The largest absolute Gasteiger partial charge is 0.496 e. The fraction of sp³-hybridized carbons (Fsp3) is 0.176. The van der Waals surface area contributed by atoms with Crippen LogP contribution in [-0.4, -0.2) is 18.1 Å². The van der Waals surface area contributed by atoms with Crippen LogP contribution in [0.15, 0.2) is 46.9 Å². The number of amides is 1. The molecule has 120 valence electrons. The van der Waals surface area contributed by atoms with Crippen molar-refractivity contribution in [3.63, 3.8) is 0 Å². The molecule has 0 atom stereocenters. The van der Waals surface area contributed by atoms with Crippen molar-refractivity contribution in [1.82, 2.24) is 10.6 Å². The van der Waals surface area contributed by atoms with Gasteiger partial charge >= 0.3 is 0 Å². The third-order valence-corrected chi connectivity index (χ3v) is 4.08. The summed E-state index contributed by atoms with van der Waals surface area (Å²) in [4.78, 5) is 12.2. The van der Waals surface area contributed by atoms with Gasteiger partial charge in [0.1, 0.15) is 5.75 Å². The Kier molecular flexibility index (Phi) is 6.12. The van der Waals surface area contributed by atoms with E-state index >= 15 is 0 Å². The molecule has 2 aromatic carbocycles. The van der Waals surface area contributed by atoms with Crippen LogP contribution >= 0.6 is 28.1 Å². The van der Waals surface area contributed by atoms with Crippen molar-refractivity contribution in [2.75, 3.05) is 7.11 Å². The van der Waals surface area contributed by atoms with Crippen LogP contribution in [0.4, 0.5) is 0 Å². The standard InChI is InChI=1S/C17H17BrN2O2S/c1-11-3-5-12(6-4-11)10-19-17(23)20-16(21)13-7-8-15(22-2)14(18)9-13/h3-9H,10H2,1-2H3,(H2,19,20,21,23). The van der Waals surface area contributed by atoms with Gasteiger partial charge in [-0.1, -0.05) is 29.8 Å². The van der Waals surface area contributed by atoms with Gasteiger partial charge in [-0.2, -0.15) is 0 Å². The minimum Gasteiger partial charge on any atom is -0.496 e. The number of hydrogen-bond donors (Lipinski definition) is 2. The topological polar surface area (TPSA) is 50.4 Å². The van der Waals surface area contributed by atoms with E-state index in [0.29, 0.717) is 27.4 Å². The molecule has 2 rings (SSSR count). The zero-order valence-corrected chi connectivity index (χ0v) is 15.3. The Labute approximate surface area is 149 Å². The zero-order valence-electron chi connectivity index (χ0n) is 12.9. The van der Waals surface area contributed by atoms with E-state index in [-0.39, 0.29) is 5.91 Å². The summed E-state index contributed by atoms with van der Waals surface area (Å²) in [5.41, 5.74) is 2.80. The molecule has 0 heterocycles. The number of methoxy groups -OCH3 is 1. The van der Waals surface area contributed by atoms with Crippen molar-refractivity contribution < 1.29 is 9.53 Å². The quantitative estimate of drug-likeness (QED) is 0.780. The monoisotopic (exact) mass is 392 g/mol. The highest BCUT2D eigenvalue weighted by Crippen LogP contribution is 2.25. The first-order valence-corrected chi connectivity index (χ1v) is 8.18. The highest BCUT2D eigenvalue weighted by atomic mass is 79.9. The molecule has 0 aromatic heterocycles. The lowest BCUT2D eigenvalue weighted by molar-refractivity contribution is 0.0976. The summed E-state index contributed by atoms with van der Waals surface area (Å²) in [6, 6.07) is 13.2. The predicted octanol–water partition coefficient (Wildman–Crippen LogP) is 3.57. The van der Waals surface area contributed by atoms with Crippen LogP contribution < -0.4 is 15.4 Å². The van der Waals surface area contributed by atoms with E-state index in [1.165, 1.54) is 5.56 Å². The van der Waals surface area contributed by atoms with Gasteiger partial charge < -0.3 is 10.1 Å². The first kappa shape index (κ1) is 17.4. The molecule has 0 radical (unpaired) electrons. The molecule has 0 spiro atoms. The molecule has 4 nitrogen and oxygen atoms in total.